The summed E-state index contributed by atoms with van der Waals surface area (Å²) >= 11 is -0.975. The van der Waals surface area contributed by atoms with Crippen molar-refractivity contribution in [2.24, 2.45) is 0 Å². The van der Waals surface area contributed by atoms with Crippen LogP contribution in [0.15, 0.2) is 47.4 Å². The molecule has 22 heavy (non-hydrogen) atoms. The molecule has 0 amide bonds. The molecular formula is C16H18AsFNO2S. The summed E-state index contributed by atoms with van der Waals surface area (Å²) in [4.78, 5) is 0.189. The molecule has 3 nitrogen and oxygen atoms in total. The Morgan fingerprint density at radius 3 is 2.18 bits per heavy atom. The third-order valence-corrected chi connectivity index (χ3v) is 10.7. The number of hydrogen-bond acceptors (Lipinski definition) is 3. The van der Waals surface area contributed by atoms with Gasteiger partial charge in [0, 0.05) is 0 Å². The van der Waals surface area contributed by atoms with Crippen molar-refractivity contribution in [1.82, 2.24) is 0 Å². The summed E-state index contributed by atoms with van der Waals surface area (Å²) in [5, 5.41) is 0. The van der Waals surface area contributed by atoms with Crippen LogP contribution in [-0.4, -0.2) is 23.0 Å². The van der Waals surface area contributed by atoms with Crippen LogP contribution in [0.3, 0.4) is 0 Å². The Labute approximate surface area is 136 Å². The number of nitrogens with two attached hydrogens (primary N) is 1. The second-order valence-corrected chi connectivity index (χ2v) is 14.6. The zero-order chi connectivity index (χ0) is 16.5. The van der Waals surface area contributed by atoms with Crippen LogP contribution in [0.1, 0.15) is 20.8 Å². The molecule has 1 radical (unpaired) electrons. The van der Waals surface area contributed by atoms with E-state index < -0.39 is 28.5 Å². The first-order chi connectivity index (χ1) is 10.1. The monoisotopic (exact) mass is 382 g/mol. The van der Waals surface area contributed by atoms with Gasteiger partial charge in [0.2, 0.25) is 0 Å². The molecule has 2 rings (SSSR count). The van der Waals surface area contributed by atoms with E-state index in [0.29, 0.717) is 16.8 Å². The molecule has 2 aromatic rings. The van der Waals surface area contributed by atoms with Gasteiger partial charge in [-0.05, 0) is 0 Å². The summed E-state index contributed by atoms with van der Waals surface area (Å²) < 4.78 is 38.8. The van der Waals surface area contributed by atoms with Gasteiger partial charge in [-0.1, -0.05) is 0 Å². The van der Waals surface area contributed by atoms with Gasteiger partial charge in [-0.3, -0.25) is 0 Å². The molecule has 0 aliphatic heterocycles. The van der Waals surface area contributed by atoms with Crippen LogP contribution < -0.4 is 5.73 Å². The number of benzene rings is 2. The van der Waals surface area contributed by atoms with Crippen LogP contribution in [0.2, 0.25) is 4.20 Å². The molecule has 0 saturated carbocycles. The molecule has 0 aliphatic rings. The number of anilines is 1. The summed E-state index contributed by atoms with van der Waals surface area (Å²) in [5.41, 5.74) is 7.26. The molecule has 117 valence electrons. The predicted octanol–water partition coefficient (Wildman–Crippen LogP) is 3.69. The summed E-state index contributed by atoms with van der Waals surface area (Å²) in [5.74, 6) is -0.460. The number of hydrogen-bond donors (Lipinski definition) is 1. The van der Waals surface area contributed by atoms with Crippen molar-refractivity contribution in [3.05, 3.63) is 48.3 Å². The zero-order valence-electron chi connectivity index (χ0n) is 12.7. The average Bonchev–Trinajstić information content (AvgIpc) is 2.36. The van der Waals surface area contributed by atoms with Crippen LogP contribution in [-0.2, 0) is 8.10 Å². The minimum atomic E-state index is -3.43. The Hall–Kier alpha value is -1.32. The molecule has 2 aromatic carbocycles. The zero-order valence-corrected chi connectivity index (χ0v) is 15.4. The summed E-state index contributed by atoms with van der Waals surface area (Å²) in [7, 11) is -3.43. The van der Waals surface area contributed by atoms with Crippen molar-refractivity contribution in [3.8, 4) is 11.1 Å². The van der Waals surface area contributed by atoms with Gasteiger partial charge in [-0.25, -0.2) is 0 Å². The van der Waals surface area contributed by atoms with Crippen molar-refractivity contribution in [1.29, 1.82) is 0 Å². The first kappa shape index (κ1) is 17.0. The molecule has 2 N–H and O–H groups in total. The number of rotatable bonds is 3. The minimum absolute atomic E-state index is 0.189. The number of halogens is 1. The van der Waals surface area contributed by atoms with Gasteiger partial charge in [-0.15, -0.1) is 0 Å². The summed E-state index contributed by atoms with van der Waals surface area (Å²) in [6.07, 6.45) is 0. The van der Waals surface area contributed by atoms with Crippen LogP contribution in [0.25, 0.3) is 11.1 Å². The molecule has 0 aromatic heterocycles. The molecule has 6 heteroatoms. The van der Waals surface area contributed by atoms with Crippen LogP contribution in [0, 0.1) is 5.82 Å². The van der Waals surface area contributed by atoms with Gasteiger partial charge < -0.3 is 0 Å². The van der Waals surface area contributed by atoms with E-state index in [0.717, 1.165) is 0 Å². The third kappa shape index (κ3) is 4.11. The Balaban J connectivity index is 2.60. The average molecular weight is 382 g/mol. The topological polar surface area (TPSA) is 60.2 Å². The van der Waals surface area contributed by atoms with Crippen molar-refractivity contribution >= 4 is 28.4 Å². The fourth-order valence-corrected chi connectivity index (χ4v) is 9.70. The second kappa shape index (κ2) is 6.05. The first-order valence-electron chi connectivity index (χ1n) is 6.73. The van der Waals surface area contributed by atoms with E-state index in [1.165, 1.54) is 18.2 Å². The molecule has 0 saturated heterocycles. The molecule has 0 atom stereocenters. The van der Waals surface area contributed by atoms with E-state index in [9.17, 15) is 12.8 Å². The normalized spacial score (nSPS) is 12.9. The SMILES string of the molecule is CC(C)(C)[As]S(=O)(=O)c1ccc(F)cc1-c1ccc(N)cc1. The van der Waals surface area contributed by atoms with Crippen LogP contribution in [0.5, 0.6) is 0 Å². The van der Waals surface area contributed by atoms with E-state index in [2.05, 4.69) is 0 Å². The molecule has 0 aliphatic carbocycles. The summed E-state index contributed by atoms with van der Waals surface area (Å²) in [6.45, 7) is 5.70. The Morgan fingerprint density at radius 2 is 1.64 bits per heavy atom. The van der Waals surface area contributed by atoms with Gasteiger partial charge in [0.15, 0.2) is 0 Å². The van der Waals surface area contributed by atoms with E-state index in [1.54, 1.807) is 24.3 Å². The molecule has 0 unspecified atom stereocenters. The van der Waals surface area contributed by atoms with E-state index in [1.807, 2.05) is 20.8 Å². The number of nitrogen functional groups attached to an aromatic ring is 1. The maximum absolute atomic E-state index is 13.6. The van der Waals surface area contributed by atoms with E-state index in [4.69, 9.17) is 5.73 Å². The van der Waals surface area contributed by atoms with Gasteiger partial charge in [0.25, 0.3) is 0 Å². The van der Waals surface area contributed by atoms with Gasteiger partial charge in [-0.2, -0.15) is 0 Å². The van der Waals surface area contributed by atoms with Crippen LogP contribution >= 0.6 is 0 Å². The van der Waals surface area contributed by atoms with Crippen molar-refractivity contribution in [2.45, 2.75) is 29.9 Å². The van der Waals surface area contributed by atoms with Gasteiger partial charge in [0.05, 0.1) is 0 Å². The van der Waals surface area contributed by atoms with Gasteiger partial charge >= 0.3 is 136 Å². The molecule has 0 bridgehead atoms. The fraction of sp³-hybridized carbons (Fsp3) is 0.250. The van der Waals surface area contributed by atoms with Crippen molar-refractivity contribution in [3.63, 3.8) is 0 Å². The van der Waals surface area contributed by atoms with Crippen LogP contribution in [0.4, 0.5) is 10.1 Å². The quantitative estimate of drug-likeness (QED) is 0.651. The maximum atomic E-state index is 13.6. The second-order valence-electron chi connectivity index (χ2n) is 6.00. The molecule has 0 heterocycles. The Morgan fingerprint density at radius 1 is 1.05 bits per heavy atom. The third-order valence-electron chi connectivity index (χ3n) is 2.84. The van der Waals surface area contributed by atoms with E-state index in [-0.39, 0.29) is 9.10 Å². The summed E-state index contributed by atoms with van der Waals surface area (Å²) in [6, 6.07) is 10.6. The molecule has 0 fully saturated rings. The predicted molar refractivity (Wildman–Crippen MR) is 88.9 cm³/mol. The fourth-order valence-electron chi connectivity index (χ4n) is 2.03. The Kier molecular flexibility index (Phi) is 4.69. The molecule has 0 spiro atoms. The molecular weight excluding hydrogens is 364 g/mol. The van der Waals surface area contributed by atoms with Crippen molar-refractivity contribution < 1.29 is 12.8 Å². The standard InChI is InChI=1S/C16H18AsFNO2S/c1-16(2,3)17-22(20,21)15-9-6-12(18)10-14(15)11-4-7-13(19)8-5-11/h4-10H,19H2,1-3H3. The first-order valence-corrected chi connectivity index (χ1v) is 11.4. The Bertz CT molecular complexity index is 781. The van der Waals surface area contributed by atoms with Gasteiger partial charge in [0.1, 0.15) is 0 Å². The van der Waals surface area contributed by atoms with E-state index >= 15 is 0 Å². The van der Waals surface area contributed by atoms with Crippen molar-refractivity contribution in [2.75, 3.05) is 5.73 Å².